The summed E-state index contributed by atoms with van der Waals surface area (Å²) in [6, 6.07) is -0.650. The molecule has 6 heteroatoms. The highest BCUT2D eigenvalue weighted by molar-refractivity contribution is 5.74. The van der Waals surface area contributed by atoms with Gasteiger partial charge in [-0.1, -0.05) is 13.3 Å². The molecule has 0 saturated heterocycles. The first-order valence-corrected chi connectivity index (χ1v) is 5.00. The molecule has 0 radical (unpaired) electrons. The first kappa shape index (κ1) is 14.1. The fourth-order valence-corrected chi connectivity index (χ4v) is 1.03. The maximum Gasteiger partial charge on any atom is 0.406 e. The molecule has 2 amide bonds. The van der Waals surface area contributed by atoms with E-state index in [-0.39, 0.29) is 6.54 Å². The van der Waals surface area contributed by atoms with Gasteiger partial charge >= 0.3 is 12.2 Å². The number of nitrogens with one attached hydrogen (secondary N) is 1. The van der Waals surface area contributed by atoms with Crippen LogP contribution in [-0.2, 0) is 0 Å². The number of urea groups is 1. The first-order chi connectivity index (χ1) is 6.90. The van der Waals surface area contributed by atoms with Crippen molar-refractivity contribution >= 4 is 6.03 Å². The van der Waals surface area contributed by atoms with Crippen LogP contribution in [0.1, 0.15) is 26.7 Å². The van der Waals surface area contributed by atoms with Crippen LogP contribution in [0.25, 0.3) is 0 Å². The zero-order valence-electron chi connectivity index (χ0n) is 9.02. The summed E-state index contributed by atoms with van der Waals surface area (Å²) in [5.74, 6) is 0. The van der Waals surface area contributed by atoms with Crippen LogP contribution in [0, 0.1) is 0 Å². The average Bonchev–Trinajstić information content (AvgIpc) is 2.13. The van der Waals surface area contributed by atoms with E-state index in [1.807, 2.05) is 6.92 Å². The van der Waals surface area contributed by atoms with Crippen molar-refractivity contribution < 1.29 is 18.0 Å². The zero-order chi connectivity index (χ0) is 11.9. The molecule has 0 aromatic heterocycles. The van der Waals surface area contributed by atoms with E-state index < -0.39 is 18.8 Å². The van der Waals surface area contributed by atoms with Crippen LogP contribution in [0.5, 0.6) is 0 Å². The minimum atomic E-state index is -4.34. The van der Waals surface area contributed by atoms with E-state index in [2.05, 4.69) is 5.32 Å². The highest BCUT2D eigenvalue weighted by atomic mass is 19.4. The Kier molecular flexibility index (Phi) is 6.12. The van der Waals surface area contributed by atoms with Crippen LogP contribution < -0.4 is 5.32 Å². The molecule has 0 atom stereocenters. The van der Waals surface area contributed by atoms with E-state index in [1.165, 1.54) is 6.92 Å². The molecule has 15 heavy (non-hydrogen) atoms. The SMILES string of the molecule is CCCCNC(=O)N(CC)CC(F)(F)F. The maximum absolute atomic E-state index is 12.0. The molecule has 0 rings (SSSR count). The number of unbranched alkanes of at least 4 members (excludes halogenated alkanes) is 1. The number of nitrogens with zero attached hydrogens (tertiary/aromatic N) is 1. The number of carbonyl (C=O) groups is 1. The standard InChI is InChI=1S/C9H17F3N2O/c1-3-5-6-13-8(15)14(4-2)7-9(10,11)12/h3-7H2,1-2H3,(H,13,15). The van der Waals surface area contributed by atoms with Crippen LogP contribution in [0.4, 0.5) is 18.0 Å². The van der Waals surface area contributed by atoms with E-state index in [0.717, 1.165) is 17.7 Å². The van der Waals surface area contributed by atoms with Gasteiger partial charge < -0.3 is 10.2 Å². The molecule has 0 aromatic rings. The Balaban J connectivity index is 4.00. The monoisotopic (exact) mass is 226 g/mol. The van der Waals surface area contributed by atoms with Crippen LogP contribution in [0.3, 0.4) is 0 Å². The molecule has 0 aliphatic carbocycles. The van der Waals surface area contributed by atoms with Gasteiger partial charge in [-0.25, -0.2) is 4.79 Å². The predicted molar refractivity (Wildman–Crippen MR) is 51.6 cm³/mol. The molecule has 0 aliphatic heterocycles. The van der Waals surface area contributed by atoms with Gasteiger partial charge in [0.15, 0.2) is 0 Å². The Morgan fingerprint density at radius 1 is 1.33 bits per heavy atom. The zero-order valence-corrected chi connectivity index (χ0v) is 9.02. The lowest BCUT2D eigenvalue weighted by Gasteiger charge is -2.22. The fourth-order valence-electron chi connectivity index (χ4n) is 1.03. The molecule has 0 aromatic carbocycles. The molecule has 1 N–H and O–H groups in total. The lowest BCUT2D eigenvalue weighted by Crippen LogP contribution is -2.44. The van der Waals surface area contributed by atoms with Crippen molar-refractivity contribution in [3.8, 4) is 0 Å². The minimum absolute atomic E-state index is 0.0530. The van der Waals surface area contributed by atoms with Crippen molar-refractivity contribution in [2.75, 3.05) is 19.6 Å². The summed E-state index contributed by atoms with van der Waals surface area (Å²) in [6.45, 7) is 2.74. The smallest absolute Gasteiger partial charge is 0.338 e. The van der Waals surface area contributed by atoms with E-state index >= 15 is 0 Å². The summed E-state index contributed by atoms with van der Waals surface area (Å²) in [7, 11) is 0. The van der Waals surface area contributed by atoms with Crippen LogP contribution >= 0.6 is 0 Å². The number of halogens is 3. The van der Waals surface area contributed by atoms with E-state index in [9.17, 15) is 18.0 Å². The molecule has 0 heterocycles. The van der Waals surface area contributed by atoms with Gasteiger partial charge in [0.05, 0.1) is 0 Å². The number of rotatable bonds is 5. The second-order valence-corrected chi connectivity index (χ2v) is 3.21. The number of carbonyl (C=O) groups excluding carboxylic acids is 1. The summed E-state index contributed by atoms with van der Waals surface area (Å²) < 4.78 is 36.1. The van der Waals surface area contributed by atoms with Crippen molar-refractivity contribution in [1.29, 1.82) is 0 Å². The summed E-state index contributed by atoms with van der Waals surface area (Å²) in [5, 5.41) is 2.44. The first-order valence-electron chi connectivity index (χ1n) is 5.00. The van der Waals surface area contributed by atoms with Crippen LogP contribution in [0.2, 0.25) is 0 Å². The van der Waals surface area contributed by atoms with Gasteiger partial charge in [0.1, 0.15) is 6.54 Å². The van der Waals surface area contributed by atoms with Gasteiger partial charge in [-0.2, -0.15) is 13.2 Å². The van der Waals surface area contributed by atoms with Crippen LogP contribution in [-0.4, -0.2) is 36.7 Å². The van der Waals surface area contributed by atoms with Gasteiger partial charge in [-0.05, 0) is 13.3 Å². The largest absolute Gasteiger partial charge is 0.406 e. The summed E-state index contributed by atoms with van der Waals surface area (Å²) in [6.07, 6.45) is -2.67. The predicted octanol–water partition coefficient (Wildman–Crippen LogP) is 2.38. The van der Waals surface area contributed by atoms with Crippen molar-refractivity contribution in [2.24, 2.45) is 0 Å². The summed E-state index contributed by atoms with van der Waals surface area (Å²) >= 11 is 0. The number of alkyl halides is 3. The highest BCUT2D eigenvalue weighted by Gasteiger charge is 2.32. The average molecular weight is 226 g/mol. The highest BCUT2D eigenvalue weighted by Crippen LogP contribution is 2.16. The molecule has 0 saturated carbocycles. The molecular formula is C9H17F3N2O. The lowest BCUT2D eigenvalue weighted by molar-refractivity contribution is -0.139. The van der Waals surface area contributed by atoms with E-state index in [0.29, 0.717) is 6.54 Å². The van der Waals surface area contributed by atoms with Crippen molar-refractivity contribution in [3.05, 3.63) is 0 Å². The van der Waals surface area contributed by atoms with E-state index in [4.69, 9.17) is 0 Å². The van der Waals surface area contributed by atoms with Crippen LogP contribution in [0.15, 0.2) is 0 Å². The molecule has 0 unspecified atom stereocenters. The molecule has 0 spiro atoms. The molecule has 3 nitrogen and oxygen atoms in total. The maximum atomic E-state index is 12.0. The summed E-state index contributed by atoms with van der Waals surface area (Å²) in [5.41, 5.74) is 0. The third-order valence-corrected chi connectivity index (χ3v) is 1.85. The van der Waals surface area contributed by atoms with Gasteiger partial charge in [0, 0.05) is 13.1 Å². The van der Waals surface area contributed by atoms with Crippen molar-refractivity contribution in [2.45, 2.75) is 32.9 Å². The third kappa shape index (κ3) is 7.04. The Bertz CT molecular complexity index is 194. The van der Waals surface area contributed by atoms with Gasteiger partial charge in [0.25, 0.3) is 0 Å². The second-order valence-electron chi connectivity index (χ2n) is 3.21. The number of hydrogen-bond donors (Lipinski definition) is 1. The topological polar surface area (TPSA) is 32.3 Å². The number of hydrogen-bond acceptors (Lipinski definition) is 1. The normalized spacial score (nSPS) is 11.3. The fraction of sp³-hybridized carbons (Fsp3) is 0.889. The minimum Gasteiger partial charge on any atom is -0.338 e. The Hall–Kier alpha value is -0.940. The molecule has 0 bridgehead atoms. The quantitative estimate of drug-likeness (QED) is 0.717. The Morgan fingerprint density at radius 3 is 2.33 bits per heavy atom. The Morgan fingerprint density at radius 2 is 1.93 bits per heavy atom. The summed E-state index contributed by atoms with van der Waals surface area (Å²) in [4.78, 5) is 12.0. The van der Waals surface area contributed by atoms with Crippen molar-refractivity contribution in [3.63, 3.8) is 0 Å². The Labute approximate surface area is 87.6 Å². The van der Waals surface area contributed by atoms with Gasteiger partial charge in [-0.3, -0.25) is 0 Å². The van der Waals surface area contributed by atoms with Gasteiger partial charge in [0.2, 0.25) is 0 Å². The van der Waals surface area contributed by atoms with Gasteiger partial charge in [-0.15, -0.1) is 0 Å². The molecular weight excluding hydrogens is 209 g/mol. The van der Waals surface area contributed by atoms with E-state index in [1.54, 1.807) is 0 Å². The molecule has 0 aliphatic rings. The molecule has 0 fully saturated rings. The lowest BCUT2D eigenvalue weighted by atomic mass is 10.3. The third-order valence-electron chi connectivity index (χ3n) is 1.85. The molecule has 90 valence electrons. The second kappa shape index (κ2) is 6.53. The van der Waals surface area contributed by atoms with Crippen molar-refractivity contribution in [1.82, 2.24) is 10.2 Å². The number of amides is 2.